The minimum absolute atomic E-state index is 0.105. The number of carboxylic acid groups (broad SMARTS) is 3. The molecule has 1 heterocycles. The molecule has 0 saturated carbocycles. The van der Waals surface area contributed by atoms with Crippen molar-refractivity contribution in [3.8, 4) is 5.75 Å². The Bertz CT molecular complexity index is 1030. The van der Waals surface area contributed by atoms with Crippen LogP contribution in [0.2, 0.25) is 0 Å². The zero-order valence-corrected chi connectivity index (χ0v) is 22.6. The maximum atomic E-state index is 11.8. The molecule has 212 valence electrons. The molecule has 2 unspecified atom stereocenters. The summed E-state index contributed by atoms with van der Waals surface area (Å²) in [5.74, 6) is -2.39. The molecule has 2 aromatic carbocycles. The number of nitrogens with zero attached hydrogens (tertiary/aromatic N) is 1. The molecule has 2 aromatic rings. The van der Waals surface area contributed by atoms with Crippen LogP contribution in [0.4, 0.5) is 0 Å². The fourth-order valence-corrected chi connectivity index (χ4v) is 4.46. The van der Waals surface area contributed by atoms with Crippen molar-refractivity contribution in [3.05, 3.63) is 77.9 Å². The van der Waals surface area contributed by atoms with Gasteiger partial charge in [0.05, 0.1) is 13.2 Å². The summed E-state index contributed by atoms with van der Waals surface area (Å²) in [7, 11) is 1.67. The van der Waals surface area contributed by atoms with Crippen molar-refractivity contribution in [2.45, 2.75) is 63.7 Å². The van der Waals surface area contributed by atoms with Crippen molar-refractivity contribution in [3.63, 3.8) is 0 Å². The Balaban J connectivity index is 0.000000580. The third kappa shape index (κ3) is 11.3. The number of benzene rings is 2. The van der Waals surface area contributed by atoms with Crippen LogP contribution in [0.5, 0.6) is 5.75 Å². The minimum atomic E-state index is -1.26. The van der Waals surface area contributed by atoms with E-state index in [1.807, 2.05) is 30.3 Å². The number of carboxylic acids is 3. The van der Waals surface area contributed by atoms with Gasteiger partial charge >= 0.3 is 17.9 Å². The smallest absolute Gasteiger partial charge is 0.328 e. The lowest BCUT2D eigenvalue weighted by Crippen LogP contribution is -2.47. The highest BCUT2D eigenvalue weighted by Crippen LogP contribution is 2.31. The van der Waals surface area contributed by atoms with Gasteiger partial charge in [-0.3, -0.25) is 9.69 Å². The van der Waals surface area contributed by atoms with Gasteiger partial charge in [0.2, 0.25) is 0 Å². The molecule has 0 aliphatic carbocycles. The van der Waals surface area contributed by atoms with Crippen molar-refractivity contribution in [2.24, 2.45) is 0 Å². The lowest BCUT2D eigenvalue weighted by molar-refractivity contribution is -0.145. The standard InChI is InChI=1S/C26H35NO4.C4H4O4/c1-3-4-6-11-24(26(28)29)27-18-16-23(17-19-27)31-25(20-9-7-5-8-10-20)21-12-14-22(30-2)15-13-21;5-3(6)1-2-4(7)8/h5,7-10,12-15,23-25H,3-4,6,11,16-19H2,1-2H3,(H,28,29);1-2H,(H,5,6)(H,7,8)/b;2-1+. The second-order valence-electron chi connectivity index (χ2n) is 9.29. The molecule has 2 atom stereocenters. The molecule has 9 heteroatoms. The van der Waals surface area contributed by atoms with Crippen LogP contribution < -0.4 is 4.74 Å². The second kappa shape index (κ2) is 17.0. The van der Waals surface area contributed by atoms with E-state index in [0.717, 1.165) is 68.5 Å². The normalized spacial score (nSPS) is 15.6. The van der Waals surface area contributed by atoms with Gasteiger partial charge in [-0.05, 0) is 42.5 Å². The number of piperidine rings is 1. The highest BCUT2D eigenvalue weighted by atomic mass is 16.5. The SMILES string of the molecule is CCCCCC(C(=O)O)N1CCC(OC(c2ccccc2)c2ccc(OC)cc2)CC1.O=C(O)/C=C/C(=O)O. The van der Waals surface area contributed by atoms with Crippen molar-refractivity contribution in [1.82, 2.24) is 4.90 Å². The summed E-state index contributed by atoms with van der Waals surface area (Å²) in [5, 5.41) is 25.3. The monoisotopic (exact) mass is 541 g/mol. The zero-order valence-electron chi connectivity index (χ0n) is 22.6. The first-order valence-corrected chi connectivity index (χ1v) is 13.2. The molecule has 3 rings (SSSR count). The first kappa shape index (κ1) is 31.5. The Labute approximate surface area is 229 Å². The van der Waals surface area contributed by atoms with E-state index in [4.69, 9.17) is 19.7 Å². The van der Waals surface area contributed by atoms with Gasteiger partial charge in [0.15, 0.2) is 0 Å². The highest BCUT2D eigenvalue weighted by molar-refractivity contribution is 5.89. The molecule has 0 aromatic heterocycles. The third-order valence-electron chi connectivity index (χ3n) is 6.50. The largest absolute Gasteiger partial charge is 0.497 e. The van der Waals surface area contributed by atoms with Crippen LogP contribution in [0.15, 0.2) is 66.7 Å². The number of methoxy groups -OCH3 is 1. The number of ether oxygens (including phenoxy) is 2. The van der Waals surface area contributed by atoms with E-state index in [0.29, 0.717) is 12.2 Å². The Morgan fingerprint density at radius 2 is 1.46 bits per heavy atom. The first-order valence-electron chi connectivity index (χ1n) is 13.2. The Morgan fingerprint density at radius 1 is 0.897 bits per heavy atom. The van der Waals surface area contributed by atoms with Crippen molar-refractivity contribution < 1.29 is 39.2 Å². The van der Waals surface area contributed by atoms with Gasteiger partial charge in [-0.15, -0.1) is 0 Å². The van der Waals surface area contributed by atoms with Gasteiger partial charge in [-0.25, -0.2) is 9.59 Å². The molecule has 1 fully saturated rings. The second-order valence-corrected chi connectivity index (χ2v) is 9.29. The third-order valence-corrected chi connectivity index (χ3v) is 6.50. The lowest BCUT2D eigenvalue weighted by Gasteiger charge is -2.37. The first-order chi connectivity index (χ1) is 18.7. The van der Waals surface area contributed by atoms with Crippen LogP contribution in [0, 0.1) is 0 Å². The molecule has 1 aliphatic rings. The van der Waals surface area contributed by atoms with Crippen LogP contribution in [0.25, 0.3) is 0 Å². The van der Waals surface area contributed by atoms with Gasteiger partial charge in [-0.2, -0.15) is 0 Å². The Kier molecular flexibility index (Phi) is 13.7. The van der Waals surface area contributed by atoms with E-state index in [1.54, 1.807) is 7.11 Å². The molecule has 1 saturated heterocycles. The molecule has 9 nitrogen and oxygen atoms in total. The molecular formula is C30H39NO8. The van der Waals surface area contributed by atoms with Gasteiger partial charge in [-0.1, -0.05) is 68.7 Å². The summed E-state index contributed by atoms with van der Waals surface area (Å²) in [4.78, 5) is 33.0. The van der Waals surface area contributed by atoms with Crippen LogP contribution >= 0.6 is 0 Å². The fourth-order valence-electron chi connectivity index (χ4n) is 4.46. The highest BCUT2D eigenvalue weighted by Gasteiger charge is 2.31. The predicted molar refractivity (Wildman–Crippen MR) is 147 cm³/mol. The van der Waals surface area contributed by atoms with E-state index in [-0.39, 0.29) is 18.2 Å². The Morgan fingerprint density at radius 3 is 1.95 bits per heavy atom. The van der Waals surface area contributed by atoms with Crippen molar-refractivity contribution in [2.75, 3.05) is 20.2 Å². The summed E-state index contributed by atoms with van der Waals surface area (Å²) in [5.41, 5.74) is 2.22. The number of aliphatic carboxylic acids is 3. The van der Waals surface area contributed by atoms with Crippen LogP contribution in [-0.2, 0) is 19.1 Å². The molecular weight excluding hydrogens is 502 g/mol. The summed E-state index contributed by atoms with van der Waals surface area (Å²) >= 11 is 0. The molecule has 0 amide bonds. The number of unbranched alkanes of at least 4 members (excludes halogenated alkanes) is 2. The molecule has 1 aliphatic heterocycles. The number of hydrogen-bond donors (Lipinski definition) is 3. The van der Waals surface area contributed by atoms with Crippen molar-refractivity contribution in [1.29, 1.82) is 0 Å². The summed E-state index contributed by atoms with van der Waals surface area (Å²) < 4.78 is 11.9. The van der Waals surface area contributed by atoms with Gasteiger partial charge in [0.1, 0.15) is 17.9 Å². The van der Waals surface area contributed by atoms with Crippen LogP contribution in [0.3, 0.4) is 0 Å². The van der Waals surface area contributed by atoms with E-state index in [1.165, 1.54) is 0 Å². The maximum absolute atomic E-state index is 11.8. The van der Waals surface area contributed by atoms with E-state index >= 15 is 0 Å². The maximum Gasteiger partial charge on any atom is 0.328 e. The number of hydrogen-bond acceptors (Lipinski definition) is 6. The predicted octanol–water partition coefficient (Wildman–Crippen LogP) is 5.01. The van der Waals surface area contributed by atoms with Gasteiger partial charge < -0.3 is 24.8 Å². The average Bonchev–Trinajstić information content (AvgIpc) is 2.94. The summed E-state index contributed by atoms with van der Waals surface area (Å²) in [6.07, 6.45) is 6.65. The summed E-state index contributed by atoms with van der Waals surface area (Å²) in [6, 6.07) is 17.9. The van der Waals surface area contributed by atoms with Crippen LogP contribution in [-0.4, -0.2) is 70.5 Å². The quantitative estimate of drug-likeness (QED) is 0.236. The molecule has 3 N–H and O–H groups in total. The average molecular weight is 542 g/mol. The van der Waals surface area contributed by atoms with E-state index in [2.05, 4.69) is 36.1 Å². The number of likely N-dealkylation sites (tertiary alicyclic amines) is 1. The van der Waals surface area contributed by atoms with Crippen LogP contribution in [0.1, 0.15) is 62.7 Å². The molecule has 0 spiro atoms. The number of rotatable bonds is 13. The van der Waals surface area contributed by atoms with Gasteiger partial charge in [0, 0.05) is 25.2 Å². The Hall–Kier alpha value is -3.69. The fraction of sp³-hybridized carbons (Fsp3) is 0.433. The van der Waals surface area contributed by atoms with E-state index < -0.39 is 17.9 Å². The van der Waals surface area contributed by atoms with Gasteiger partial charge in [0.25, 0.3) is 0 Å². The van der Waals surface area contributed by atoms with E-state index in [9.17, 15) is 19.5 Å². The minimum Gasteiger partial charge on any atom is -0.497 e. The topological polar surface area (TPSA) is 134 Å². The molecule has 39 heavy (non-hydrogen) atoms. The lowest BCUT2D eigenvalue weighted by atomic mass is 9.99. The molecule has 0 bridgehead atoms. The summed E-state index contributed by atoms with van der Waals surface area (Å²) in [6.45, 7) is 3.67. The number of carbonyl (C=O) groups is 3. The molecule has 0 radical (unpaired) electrons. The zero-order chi connectivity index (χ0) is 28.6. The van der Waals surface area contributed by atoms with Crippen molar-refractivity contribution >= 4 is 17.9 Å².